The summed E-state index contributed by atoms with van der Waals surface area (Å²) >= 11 is 1.79. The van der Waals surface area contributed by atoms with E-state index in [1.54, 1.807) is 11.3 Å². The van der Waals surface area contributed by atoms with Crippen molar-refractivity contribution < 1.29 is 0 Å². The standard InChI is InChI=1S/C16H24N4S/c1-19-11-7-18-16(19)15(14-6-5-13-21-14)17-8-12-20-9-3-2-4-10-20/h5-7,11,13,15,17H,2-4,8-10,12H2,1H3. The lowest BCUT2D eigenvalue weighted by atomic mass is 10.1. The van der Waals surface area contributed by atoms with Crippen LogP contribution in [-0.2, 0) is 7.05 Å². The normalized spacial score (nSPS) is 18.0. The summed E-state index contributed by atoms with van der Waals surface area (Å²) in [5.41, 5.74) is 0. The van der Waals surface area contributed by atoms with Crippen LogP contribution in [0.5, 0.6) is 0 Å². The highest BCUT2D eigenvalue weighted by atomic mass is 32.1. The average molecular weight is 304 g/mol. The Bertz CT molecular complexity index is 528. The number of likely N-dealkylation sites (tertiary alicyclic amines) is 1. The van der Waals surface area contributed by atoms with Crippen molar-refractivity contribution in [1.82, 2.24) is 19.8 Å². The lowest BCUT2D eigenvalue weighted by molar-refractivity contribution is 0.227. The number of piperidine rings is 1. The Morgan fingerprint density at radius 2 is 2.19 bits per heavy atom. The largest absolute Gasteiger partial charge is 0.336 e. The Hall–Kier alpha value is -1.17. The van der Waals surface area contributed by atoms with E-state index in [1.807, 2.05) is 12.4 Å². The molecular formula is C16H24N4S. The van der Waals surface area contributed by atoms with Crippen molar-refractivity contribution in [3.63, 3.8) is 0 Å². The van der Waals surface area contributed by atoms with Crippen LogP contribution < -0.4 is 5.32 Å². The molecule has 5 heteroatoms. The third-order valence-corrected chi connectivity index (χ3v) is 5.11. The number of aryl methyl sites for hydroxylation is 1. The van der Waals surface area contributed by atoms with Crippen molar-refractivity contribution in [1.29, 1.82) is 0 Å². The topological polar surface area (TPSA) is 33.1 Å². The van der Waals surface area contributed by atoms with Crippen LogP contribution in [0.25, 0.3) is 0 Å². The highest BCUT2D eigenvalue weighted by Gasteiger charge is 2.19. The molecule has 1 fully saturated rings. The van der Waals surface area contributed by atoms with E-state index >= 15 is 0 Å². The number of hydrogen-bond acceptors (Lipinski definition) is 4. The van der Waals surface area contributed by atoms with Crippen LogP contribution in [0.15, 0.2) is 29.9 Å². The van der Waals surface area contributed by atoms with Gasteiger partial charge in [-0.1, -0.05) is 12.5 Å². The quantitative estimate of drug-likeness (QED) is 0.890. The van der Waals surface area contributed by atoms with Crippen LogP contribution >= 0.6 is 11.3 Å². The molecule has 2 aromatic heterocycles. The van der Waals surface area contributed by atoms with Gasteiger partial charge >= 0.3 is 0 Å². The van der Waals surface area contributed by atoms with E-state index in [4.69, 9.17) is 0 Å². The first kappa shape index (κ1) is 14.8. The first-order valence-electron chi connectivity index (χ1n) is 7.81. The molecule has 0 radical (unpaired) electrons. The molecule has 0 aliphatic carbocycles. The predicted octanol–water partition coefficient (Wildman–Crippen LogP) is 2.65. The molecule has 0 spiro atoms. The molecular weight excluding hydrogens is 280 g/mol. The van der Waals surface area contributed by atoms with Gasteiger partial charge in [-0.3, -0.25) is 0 Å². The highest BCUT2D eigenvalue weighted by molar-refractivity contribution is 7.10. The van der Waals surface area contributed by atoms with Crippen LogP contribution in [0.3, 0.4) is 0 Å². The molecule has 1 saturated heterocycles. The molecule has 1 atom stereocenters. The Morgan fingerprint density at radius 1 is 1.33 bits per heavy atom. The van der Waals surface area contributed by atoms with Crippen molar-refractivity contribution in [2.24, 2.45) is 7.05 Å². The van der Waals surface area contributed by atoms with Crippen LogP contribution in [0.1, 0.15) is 36.0 Å². The second kappa shape index (κ2) is 7.20. The van der Waals surface area contributed by atoms with E-state index in [9.17, 15) is 0 Å². The summed E-state index contributed by atoms with van der Waals surface area (Å²) in [6, 6.07) is 4.51. The molecule has 0 amide bonds. The Balaban J connectivity index is 1.62. The second-order valence-corrected chi connectivity index (χ2v) is 6.68. The zero-order chi connectivity index (χ0) is 14.5. The molecule has 114 valence electrons. The molecule has 0 saturated carbocycles. The van der Waals surface area contributed by atoms with Crippen molar-refractivity contribution >= 4 is 11.3 Å². The second-order valence-electron chi connectivity index (χ2n) is 5.70. The molecule has 1 unspecified atom stereocenters. The molecule has 1 aliphatic heterocycles. The van der Waals surface area contributed by atoms with Gasteiger partial charge in [-0.15, -0.1) is 11.3 Å². The molecule has 0 bridgehead atoms. The fourth-order valence-corrected chi connectivity index (χ4v) is 3.78. The molecule has 1 aliphatic rings. The van der Waals surface area contributed by atoms with Crippen LogP contribution in [-0.4, -0.2) is 40.6 Å². The number of nitrogens with zero attached hydrogens (tertiary/aromatic N) is 3. The van der Waals surface area contributed by atoms with Crippen LogP contribution in [0.2, 0.25) is 0 Å². The minimum Gasteiger partial charge on any atom is -0.336 e. The molecule has 2 aromatic rings. The Kier molecular flexibility index (Phi) is 5.06. The summed E-state index contributed by atoms with van der Waals surface area (Å²) in [5.74, 6) is 1.09. The minimum absolute atomic E-state index is 0.204. The summed E-state index contributed by atoms with van der Waals surface area (Å²) in [5, 5.41) is 5.83. The van der Waals surface area contributed by atoms with Gasteiger partial charge in [0, 0.05) is 37.4 Å². The number of imidazole rings is 1. The first-order valence-corrected chi connectivity index (χ1v) is 8.69. The molecule has 1 N–H and O–H groups in total. The van der Waals surface area contributed by atoms with Gasteiger partial charge in [0.1, 0.15) is 11.9 Å². The van der Waals surface area contributed by atoms with Crippen LogP contribution in [0, 0.1) is 0 Å². The van der Waals surface area contributed by atoms with Gasteiger partial charge in [0.25, 0.3) is 0 Å². The summed E-state index contributed by atoms with van der Waals surface area (Å²) in [6.07, 6.45) is 8.00. The van der Waals surface area contributed by atoms with Gasteiger partial charge in [-0.05, 0) is 37.4 Å². The third-order valence-electron chi connectivity index (χ3n) is 4.17. The Morgan fingerprint density at radius 3 is 2.86 bits per heavy atom. The number of nitrogens with one attached hydrogen (secondary N) is 1. The van der Waals surface area contributed by atoms with Crippen LogP contribution in [0.4, 0.5) is 0 Å². The van der Waals surface area contributed by atoms with Gasteiger partial charge in [0.05, 0.1) is 0 Å². The maximum atomic E-state index is 4.53. The smallest absolute Gasteiger partial charge is 0.131 e. The fraction of sp³-hybridized carbons (Fsp3) is 0.562. The maximum absolute atomic E-state index is 4.53. The molecule has 3 heterocycles. The maximum Gasteiger partial charge on any atom is 0.131 e. The first-order chi connectivity index (χ1) is 10.3. The number of thiophene rings is 1. The average Bonchev–Trinajstić information content (AvgIpc) is 3.17. The van der Waals surface area contributed by atoms with Crippen molar-refractivity contribution in [3.05, 3.63) is 40.6 Å². The highest BCUT2D eigenvalue weighted by Crippen LogP contribution is 2.24. The van der Waals surface area contributed by atoms with Gasteiger partial charge in [0.15, 0.2) is 0 Å². The lowest BCUT2D eigenvalue weighted by Crippen LogP contribution is -2.37. The number of rotatable bonds is 6. The van der Waals surface area contributed by atoms with Gasteiger partial charge in [-0.2, -0.15) is 0 Å². The monoisotopic (exact) mass is 304 g/mol. The SMILES string of the molecule is Cn1ccnc1C(NCCN1CCCCC1)c1cccs1. The van der Waals surface area contributed by atoms with Crippen molar-refractivity contribution in [3.8, 4) is 0 Å². The number of aromatic nitrogens is 2. The molecule has 3 rings (SSSR count). The molecule has 4 nitrogen and oxygen atoms in total. The van der Waals surface area contributed by atoms with E-state index in [-0.39, 0.29) is 6.04 Å². The van der Waals surface area contributed by atoms with Gasteiger partial charge in [-0.25, -0.2) is 4.98 Å². The summed E-state index contributed by atoms with van der Waals surface area (Å²) < 4.78 is 2.11. The summed E-state index contributed by atoms with van der Waals surface area (Å²) in [4.78, 5) is 8.44. The van der Waals surface area contributed by atoms with Crippen molar-refractivity contribution in [2.75, 3.05) is 26.2 Å². The van der Waals surface area contributed by atoms with Crippen molar-refractivity contribution in [2.45, 2.75) is 25.3 Å². The minimum atomic E-state index is 0.204. The lowest BCUT2D eigenvalue weighted by Gasteiger charge is -2.27. The zero-order valence-electron chi connectivity index (χ0n) is 12.7. The van der Waals surface area contributed by atoms with E-state index in [0.717, 1.165) is 18.9 Å². The fourth-order valence-electron chi connectivity index (χ4n) is 2.98. The predicted molar refractivity (Wildman–Crippen MR) is 87.7 cm³/mol. The Labute approximate surface area is 130 Å². The summed E-state index contributed by atoms with van der Waals surface area (Å²) in [7, 11) is 2.06. The van der Waals surface area contributed by atoms with Gasteiger partial charge < -0.3 is 14.8 Å². The van der Waals surface area contributed by atoms with E-state index < -0.39 is 0 Å². The van der Waals surface area contributed by atoms with E-state index in [1.165, 1.54) is 37.2 Å². The summed E-state index contributed by atoms with van der Waals surface area (Å²) in [6.45, 7) is 4.66. The third kappa shape index (κ3) is 3.73. The van der Waals surface area contributed by atoms with E-state index in [0.29, 0.717) is 0 Å². The zero-order valence-corrected chi connectivity index (χ0v) is 13.5. The molecule has 21 heavy (non-hydrogen) atoms. The van der Waals surface area contributed by atoms with E-state index in [2.05, 4.69) is 44.3 Å². The van der Waals surface area contributed by atoms with Gasteiger partial charge in [0.2, 0.25) is 0 Å². The molecule has 0 aromatic carbocycles. The number of hydrogen-bond donors (Lipinski definition) is 1.